The maximum Gasteiger partial charge on any atom is 0.308 e. The van der Waals surface area contributed by atoms with Crippen LogP contribution >= 0.6 is 0 Å². The molecule has 1 saturated heterocycles. The second-order valence-electron chi connectivity index (χ2n) is 6.08. The fourth-order valence-corrected chi connectivity index (χ4v) is 2.54. The summed E-state index contributed by atoms with van der Waals surface area (Å²) in [5.74, 6) is -1.03. The molecule has 0 aromatic heterocycles. The van der Waals surface area contributed by atoms with Crippen LogP contribution in [0.3, 0.4) is 0 Å². The van der Waals surface area contributed by atoms with Gasteiger partial charge in [0.2, 0.25) is 5.91 Å². The molecule has 130 valence electrons. The first-order valence-corrected chi connectivity index (χ1v) is 8.27. The van der Waals surface area contributed by atoms with Gasteiger partial charge in [-0.25, -0.2) is 0 Å². The molecule has 1 aromatic carbocycles. The van der Waals surface area contributed by atoms with Crippen molar-refractivity contribution in [3.63, 3.8) is 0 Å². The quantitative estimate of drug-likeness (QED) is 0.832. The minimum absolute atomic E-state index is 0.131. The van der Waals surface area contributed by atoms with Crippen LogP contribution in [0, 0.1) is 6.92 Å². The third-order valence-corrected chi connectivity index (χ3v) is 4.16. The maximum atomic E-state index is 12.7. The summed E-state index contributed by atoms with van der Waals surface area (Å²) in [5, 5.41) is 2.71. The van der Waals surface area contributed by atoms with Crippen molar-refractivity contribution >= 4 is 17.8 Å². The van der Waals surface area contributed by atoms with Gasteiger partial charge in [-0.1, -0.05) is 24.6 Å². The molecule has 0 aliphatic carbocycles. The summed E-state index contributed by atoms with van der Waals surface area (Å²) in [5.41, 5.74) is 1.56. The van der Waals surface area contributed by atoms with Gasteiger partial charge >= 0.3 is 5.97 Å². The number of piperazine rings is 1. The third-order valence-electron chi connectivity index (χ3n) is 4.16. The van der Waals surface area contributed by atoms with Crippen molar-refractivity contribution in [1.82, 2.24) is 10.2 Å². The number of carbonyl (C=O) groups excluding carboxylic acids is 3. The Balaban J connectivity index is 2.13. The third kappa shape index (κ3) is 4.34. The summed E-state index contributed by atoms with van der Waals surface area (Å²) in [6.07, 6.45) is 0.368. The molecule has 1 heterocycles. The number of ether oxygens (including phenoxy) is 1. The largest absolute Gasteiger partial charge is 0.463 e. The van der Waals surface area contributed by atoms with Crippen LogP contribution in [0.4, 0.5) is 0 Å². The van der Waals surface area contributed by atoms with E-state index in [0.717, 1.165) is 5.56 Å². The van der Waals surface area contributed by atoms with Crippen LogP contribution in [0.15, 0.2) is 24.3 Å². The number of rotatable bonds is 5. The van der Waals surface area contributed by atoms with Crippen molar-refractivity contribution in [2.24, 2.45) is 0 Å². The molecule has 2 atom stereocenters. The van der Waals surface area contributed by atoms with Crippen molar-refractivity contribution < 1.29 is 19.1 Å². The van der Waals surface area contributed by atoms with E-state index in [2.05, 4.69) is 5.32 Å². The fraction of sp³-hybridized carbons (Fsp3) is 0.500. The standard InChI is InChI=1S/C18H24N2O4/c1-4-13(3)24-16(21)11-15-17(22)19-9-10-20(15)18(23)14-7-5-12(2)6-8-14/h5-8,13,15H,4,9-11H2,1-3H3,(H,19,22). The topological polar surface area (TPSA) is 75.7 Å². The van der Waals surface area contributed by atoms with Crippen LogP contribution in [-0.2, 0) is 14.3 Å². The number of hydrogen-bond donors (Lipinski definition) is 1. The number of benzene rings is 1. The lowest BCUT2D eigenvalue weighted by Crippen LogP contribution is -2.57. The Morgan fingerprint density at radius 2 is 2.00 bits per heavy atom. The molecular weight excluding hydrogens is 308 g/mol. The van der Waals surface area contributed by atoms with Crippen molar-refractivity contribution in [3.8, 4) is 0 Å². The molecule has 6 heteroatoms. The first-order valence-electron chi connectivity index (χ1n) is 8.27. The molecule has 0 bridgehead atoms. The molecular formula is C18H24N2O4. The van der Waals surface area contributed by atoms with E-state index in [0.29, 0.717) is 25.1 Å². The average Bonchev–Trinajstić information content (AvgIpc) is 2.56. The van der Waals surface area contributed by atoms with Gasteiger partial charge in [-0.2, -0.15) is 0 Å². The van der Waals surface area contributed by atoms with Crippen molar-refractivity contribution in [1.29, 1.82) is 0 Å². The molecule has 2 unspecified atom stereocenters. The zero-order valence-electron chi connectivity index (χ0n) is 14.4. The molecule has 0 saturated carbocycles. The van der Waals surface area contributed by atoms with Crippen LogP contribution < -0.4 is 5.32 Å². The van der Waals surface area contributed by atoms with Gasteiger partial charge in [0.1, 0.15) is 6.04 Å². The van der Waals surface area contributed by atoms with E-state index in [1.54, 1.807) is 19.1 Å². The van der Waals surface area contributed by atoms with E-state index >= 15 is 0 Å². The van der Waals surface area contributed by atoms with E-state index in [4.69, 9.17) is 4.74 Å². The molecule has 1 N–H and O–H groups in total. The average molecular weight is 332 g/mol. The van der Waals surface area contributed by atoms with Crippen LogP contribution in [0.25, 0.3) is 0 Å². The first kappa shape index (κ1) is 18.0. The number of amides is 2. The van der Waals surface area contributed by atoms with Crippen LogP contribution in [0.1, 0.15) is 42.6 Å². The number of esters is 1. The highest BCUT2D eigenvalue weighted by Crippen LogP contribution is 2.16. The highest BCUT2D eigenvalue weighted by molar-refractivity contribution is 5.99. The smallest absolute Gasteiger partial charge is 0.308 e. The summed E-state index contributed by atoms with van der Waals surface area (Å²) < 4.78 is 5.24. The molecule has 1 aliphatic heterocycles. The molecule has 0 radical (unpaired) electrons. The van der Waals surface area contributed by atoms with Crippen molar-refractivity contribution in [3.05, 3.63) is 35.4 Å². The highest BCUT2D eigenvalue weighted by Gasteiger charge is 2.35. The fourth-order valence-electron chi connectivity index (χ4n) is 2.54. The molecule has 1 aromatic rings. The minimum Gasteiger partial charge on any atom is -0.463 e. The second-order valence-corrected chi connectivity index (χ2v) is 6.08. The molecule has 2 amide bonds. The lowest BCUT2D eigenvalue weighted by Gasteiger charge is -2.34. The van der Waals surface area contributed by atoms with Crippen molar-refractivity contribution in [2.75, 3.05) is 13.1 Å². The molecule has 1 aliphatic rings. The van der Waals surface area contributed by atoms with E-state index in [-0.39, 0.29) is 24.3 Å². The van der Waals surface area contributed by atoms with Crippen LogP contribution in [0.2, 0.25) is 0 Å². The Morgan fingerprint density at radius 1 is 1.33 bits per heavy atom. The van der Waals surface area contributed by atoms with Gasteiger partial charge in [-0.15, -0.1) is 0 Å². The summed E-state index contributed by atoms with van der Waals surface area (Å²) >= 11 is 0. The Morgan fingerprint density at radius 3 is 2.62 bits per heavy atom. The van der Waals surface area contributed by atoms with Gasteiger partial charge in [-0.05, 0) is 32.4 Å². The molecule has 2 rings (SSSR count). The van der Waals surface area contributed by atoms with Gasteiger partial charge in [0.15, 0.2) is 0 Å². The van der Waals surface area contributed by atoms with Gasteiger partial charge in [0.05, 0.1) is 12.5 Å². The summed E-state index contributed by atoms with van der Waals surface area (Å²) in [4.78, 5) is 38.4. The monoisotopic (exact) mass is 332 g/mol. The predicted octanol–water partition coefficient (Wildman–Crippen LogP) is 1.67. The Hall–Kier alpha value is -2.37. The lowest BCUT2D eigenvalue weighted by atomic mass is 10.1. The summed E-state index contributed by atoms with van der Waals surface area (Å²) in [6.45, 7) is 6.41. The summed E-state index contributed by atoms with van der Waals surface area (Å²) in [6, 6.07) is 6.34. The first-order chi connectivity index (χ1) is 11.4. The van der Waals surface area contributed by atoms with Gasteiger partial charge < -0.3 is 15.0 Å². The van der Waals surface area contributed by atoms with Gasteiger partial charge in [0.25, 0.3) is 5.91 Å². The Kier molecular flexibility index (Phi) is 5.95. The van der Waals surface area contributed by atoms with E-state index < -0.39 is 12.0 Å². The minimum atomic E-state index is -0.830. The van der Waals surface area contributed by atoms with Gasteiger partial charge in [-0.3, -0.25) is 14.4 Å². The normalized spacial score (nSPS) is 18.7. The summed E-state index contributed by atoms with van der Waals surface area (Å²) in [7, 11) is 0. The van der Waals surface area contributed by atoms with Crippen molar-refractivity contribution in [2.45, 2.75) is 45.8 Å². The number of aryl methyl sites for hydroxylation is 1. The highest BCUT2D eigenvalue weighted by atomic mass is 16.5. The second kappa shape index (κ2) is 7.95. The molecule has 24 heavy (non-hydrogen) atoms. The van der Waals surface area contributed by atoms with Gasteiger partial charge in [0, 0.05) is 18.7 Å². The lowest BCUT2D eigenvalue weighted by molar-refractivity contribution is -0.151. The van der Waals surface area contributed by atoms with Crippen LogP contribution in [-0.4, -0.2) is 47.9 Å². The Labute approximate surface area is 142 Å². The van der Waals surface area contributed by atoms with E-state index in [1.807, 2.05) is 26.0 Å². The molecule has 6 nitrogen and oxygen atoms in total. The van der Waals surface area contributed by atoms with E-state index in [1.165, 1.54) is 4.90 Å². The Bertz CT molecular complexity index is 612. The SMILES string of the molecule is CCC(C)OC(=O)CC1C(=O)NCCN1C(=O)c1ccc(C)cc1. The number of hydrogen-bond acceptors (Lipinski definition) is 4. The van der Waals surface area contributed by atoms with E-state index in [9.17, 15) is 14.4 Å². The predicted molar refractivity (Wildman–Crippen MR) is 89.5 cm³/mol. The molecule has 1 fully saturated rings. The maximum absolute atomic E-state index is 12.7. The zero-order chi connectivity index (χ0) is 17.7. The zero-order valence-corrected chi connectivity index (χ0v) is 14.4. The molecule has 0 spiro atoms. The number of carbonyl (C=O) groups is 3. The number of nitrogens with one attached hydrogen (secondary N) is 1. The van der Waals surface area contributed by atoms with Crippen LogP contribution in [0.5, 0.6) is 0 Å². The number of nitrogens with zero attached hydrogens (tertiary/aromatic N) is 1.